The van der Waals surface area contributed by atoms with Crippen molar-refractivity contribution in [2.24, 2.45) is 0 Å². The molecule has 0 atom stereocenters. The standard InChI is InChI=1S/C6H15F2NP/c1-6(2,3)10(7,8)9(4)5/h1-5H3/q+1. The molecule has 0 spiro atoms. The Morgan fingerprint density at radius 1 is 1.10 bits per heavy atom. The lowest BCUT2D eigenvalue weighted by molar-refractivity contribution is 0.472. The summed E-state index contributed by atoms with van der Waals surface area (Å²) in [5.74, 6) is 0. The third-order valence-electron chi connectivity index (χ3n) is 1.31. The minimum atomic E-state index is -3.86. The monoisotopic (exact) mass is 170 g/mol. The van der Waals surface area contributed by atoms with Gasteiger partial charge >= 0.3 is 8.03 Å². The van der Waals surface area contributed by atoms with Crippen LogP contribution in [0, 0.1) is 0 Å². The highest BCUT2D eigenvalue weighted by atomic mass is 31.2. The highest BCUT2D eigenvalue weighted by Crippen LogP contribution is 2.73. The van der Waals surface area contributed by atoms with Crippen LogP contribution in [0.4, 0.5) is 8.39 Å². The van der Waals surface area contributed by atoms with Crippen molar-refractivity contribution in [2.75, 3.05) is 14.1 Å². The molecule has 0 aliphatic carbocycles. The molecule has 0 aliphatic heterocycles. The number of nitrogens with zero attached hydrogens (tertiary/aromatic N) is 1. The zero-order chi connectivity index (χ0) is 8.58. The van der Waals surface area contributed by atoms with Gasteiger partial charge < -0.3 is 0 Å². The van der Waals surface area contributed by atoms with Crippen LogP contribution in [0.2, 0.25) is 0 Å². The van der Waals surface area contributed by atoms with Gasteiger partial charge in [0.05, 0.1) is 0 Å². The summed E-state index contributed by atoms with van der Waals surface area (Å²) >= 11 is 0. The van der Waals surface area contributed by atoms with Gasteiger partial charge in [0, 0.05) is 14.1 Å². The minimum Gasteiger partial charge on any atom is -0.126 e. The van der Waals surface area contributed by atoms with Crippen molar-refractivity contribution in [2.45, 2.75) is 25.9 Å². The van der Waals surface area contributed by atoms with Crippen molar-refractivity contribution in [3.63, 3.8) is 0 Å². The Morgan fingerprint density at radius 3 is 1.40 bits per heavy atom. The molecule has 0 bridgehead atoms. The third kappa shape index (κ3) is 1.86. The number of rotatable bonds is 1. The Hall–Kier alpha value is 0.250. The third-order valence-corrected chi connectivity index (χ3v) is 3.93. The molecule has 0 unspecified atom stereocenters. The van der Waals surface area contributed by atoms with Gasteiger partial charge in [-0.15, -0.1) is 4.67 Å². The maximum Gasteiger partial charge on any atom is 0.466 e. The van der Waals surface area contributed by atoms with Crippen LogP contribution in [-0.2, 0) is 0 Å². The SMILES string of the molecule is CN(C)[P+](F)(F)C(C)(C)C. The van der Waals surface area contributed by atoms with E-state index in [1.165, 1.54) is 14.1 Å². The molecule has 0 N–H and O–H groups in total. The van der Waals surface area contributed by atoms with E-state index in [1.54, 1.807) is 20.8 Å². The molecule has 0 heterocycles. The van der Waals surface area contributed by atoms with Crippen LogP contribution in [0.25, 0.3) is 0 Å². The van der Waals surface area contributed by atoms with E-state index in [0.29, 0.717) is 0 Å². The first-order chi connectivity index (χ1) is 4.19. The van der Waals surface area contributed by atoms with Gasteiger partial charge in [0.15, 0.2) is 5.16 Å². The van der Waals surface area contributed by atoms with Crippen LogP contribution in [0.15, 0.2) is 0 Å². The molecule has 0 amide bonds. The number of hydrogen-bond donors (Lipinski definition) is 0. The van der Waals surface area contributed by atoms with Crippen LogP contribution in [0.5, 0.6) is 0 Å². The highest BCUT2D eigenvalue weighted by Gasteiger charge is 2.57. The molecule has 0 aromatic rings. The Bertz CT molecular complexity index is 117. The topological polar surface area (TPSA) is 3.24 Å². The van der Waals surface area contributed by atoms with Crippen LogP contribution < -0.4 is 0 Å². The lowest BCUT2D eigenvalue weighted by Crippen LogP contribution is -2.24. The summed E-state index contributed by atoms with van der Waals surface area (Å²) in [5, 5.41) is -0.878. The van der Waals surface area contributed by atoms with Crippen molar-refractivity contribution >= 4 is 8.03 Å². The number of hydrogen-bond acceptors (Lipinski definition) is 1. The van der Waals surface area contributed by atoms with E-state index in [9.17, 15) is 8.39 Å². The molecule has 0 saturated carbocycles. The van der Waals surface area contributed by atoms with Crippen LogP contribution in [0.1, 0.15) is 20.8 Å². The summed E-state index contributed by atoms with van der Waals surface area (Å²) in [6, 6.07) is 0. The van der Waals surface area contributed by atoms with Crippen LogP contribution >= 0.6 is 8.03 Å². The zero-order valence-electron chi connectivity index (χ0n) is 7.15. The van der Waals surface area contributed by atoms with E-state index >= 15 is 0 Å². The molecular weight excluding hydrogens is 155 g/mol. The molecule has 0 rings (SSSR count). The zero-order valence-corrected chi connectivity index (χ0v) is 8.04. The first-order valence-corrected chi connectivity index (χ1v) is 4.68. The molecule has 1 nitrogen and oxygen atoms in total. The smallest absolute Gasteiger partial charge is 0.126 e. The van der Waals surface area contributed by atoms with Crippen molar-refractivity contribution in [1.29, 1.82) is 0 Å². The van der Waals surface area contributed by atoms with Crippen molar-refractivity contribution in [3.8, 4) is 0 Å². The van der Waals surface area contributed by atoms with E-state index in [0.717, 1.165) is 4.67 Å². The van der Waals surface area contributed by atoms with Gasteiger partial charge in [-0.05, 0) is 29.2 Å². The van der Waals surface area contributed by atoms with Crippen molar-refractivity contribution in [1.82, 2.24) is 4.67 Å². The molecule has 0 aromatic heterocycles. The first-order valence-electron chi connectivity index (χ1n) is 3.16. The van der Waals surface area contributed by atoms with E-state index in [-0.39, 0.29) is 0 Å². The van der Waals surface area contributed by atoms with Gasteiger partial charge in [0.2, 0.25) is 0 Å². The number of halogens is 2. The lowest BCUT2D eigenvalue weighted by atomic mass is 10.3. The molecular formula is C6H15F2NP+. The van der Waals surface area contributed by atoms with Gasteiger partial charge in [-0.3, -0.25) is 0 Å². The van der Waals surface area contributed by atoms with E-state index < -0.39 is 13.2 Å². The van der Waals surface area contributed by atoms with Crippen LogP contribution in [0.3, 0.4) is 0 Å². The molecule has 62 valence electrons. The van der Waals surface area contributed by atoms with Gasteiger partial charge in [0.1, 0.15) is 0 Å². The predicted octanol–water partition coefficient (Wildman–Crippen LogP) is 3.05. The minimum absolute atomic E-state index is 0.878. The fraction of sp³-hybridized carbons (Fsp3) is 1.00. The summed E-state index contributed by atoms with van der Waals surface area (Å²) in [6.45, 7) is 4.71. The maximum atomic E-state index is 13.1. The maximum absolute atomic E-state index is 13.1. The Kier molecular flexibility index (Phi) is 2.77. The van der Waals surface area contributed by atoms with Crippen LogP contribution in [-0.4, -0.2) is 23.9 Å². The average Bonchev–Trinajstić information content (AvgIpc) is 1.62. The predicted molar refractivity (Wildman–Crippen MR) is 42.6 cm³/mol. The summed E-state index contributed by atoms with van der Waals surface area (Å²) in [4.78, 5) is 0. The second kappa shape index (κ2) is 2.71. The average molecular weight is 170 g/mol. The Labute approximate surface area is 62.0 Å². The molecule has 10 heavy (non-hydrogen) atoms. The molecule has 4 heteroatoms. The lowest BCUT2D eigenvalue weighted by Gasteiger charge is -2.23. The fourth-order valence-corrected chi connectivity index (χ4v) is 1.80. The van der Waals surface area contributed by atoms with Gasteiger partial charge in [-0.1, -0.05) is 0 Å². The van der Waals surface area contributed by atoms with E-state index in [2.05, 4.69) is 0 Å². The normalized spacial score (nSPS) is 14.4. The summed E-state index contributed by atoms with van der Waals surface area (Å²) < 4.78 is 27.2. The van der Waals surface area contributed by atoms with Gasteiger partial charge in [-0.25, -0.2) is 0 Å². The van der Waals surface area contributed by atoms with Gasteiger partial charge in [-0.2, -0.15) is 0 Å². The Morgan fingerprint density at radius 2 is 1.40 bits per heavy atom. The summed E-state index contributed by atoms with van der Waals surface area (Å²) in [7, 11) is -1.01. The Balaban J connectivity index is 4.40. The van der Waals surface area contributed by atoms with Crippen molar-refractivity contribution < 1.29 is 8.39 Å². The summed E-state index contributed by atoms with van der Waals surface area (Å²) in [6.07, 6.45) is 0. The largest absolute Gasteiger partial charge is 0.466 e. The van der Waals surface area contributed by atoms with Gasteiger partial charge in [0.25, 0.3) is 0 Å². The summed E-state index contributed by atoms with van der Waals surface area (Å²) in [5.41, 5.74) is 0. The van der Waals surface area contributed by atoms with Crippen molar-refractivity contribution in [3.05, 3.63) is 0 Å². The fourth-order valence-electron chi connectivity index (χ4n) is 0.600. The first kappa shape index (κ1) is 10.2. The molecule has 0 fully saturated rings. The second-order valence-corrected chi connectivity index (χ2v) is 6.61. The highest BCUT2D eigenvalue weighted by molar-refractivity contribution is 7.64. The molecule has 0 saturated heterocycles. The van der Waals surface area contributed by atoms with E-state index in [1.807, 2.05) is 0 Å². The molecule has 0 aliphatic rings. The second-order valence-electron chi connectivity index (χ2n) is 3.50. The quantitative estimate of drug-likeness (QED) is 0.546. The molecule has 0 aromatic carbocycles. The molecule has 0 radical (unpaired) electrons. The van der Waals surface area contributed by atoms with E-state index in [4.69, 9.17) is 0 Å².